The summed E-state index contributed by atoms with van der Waals surface area (Å²) in [5, 5.41) is 14.7. The van der Waals surface area contributed by atoms with Crippen molar-refractivity contribution in [2.24, 2.45) is 5.73 Å². The second kappa shape index (κ2) is 6.05. The lowest BCUT2D eigenvalue weighted by Gasteiger charge is -2.25. The molecule has 2 atom stereocenters. The van der Waals surface area contributed by atoms with Crippen LogP contribution in [0.1, 0.15) is 28.7 Å². The first kappa shape index (κ1) is 14.4. The van der Waals surface area contributed by atoms with Crippen molar-refractivity contribution in [2.45, 2.75) is 18.9 Å². The Balaban J connectivity index is 1.91. The zero-order chi connectivity index (χ0) is 14.8. The minimum atomic E-state index is -0.608. The van der Waals surface area contributed by atoms with Gasteiger partial charge in [-0.3, -0.25) is 0 Å². The van der Waals surface area contributed by atoms with Gasteiger partial charge in [0.1, 0.15) is 13.2 Å². The summed E-state index contributed by atoms with van der Waals surface area (Å²) in [6.45, 7) is 3.50. The van der Waals surface area contributed by atoms with Gasteiger partial charge in [0.05, 0.1) is 6.10 Å². The number of aryl methyl sites for hydroxylation is 1. The predicted octanol–water partition coefficient (Wildman–Crippen LogP) is 2.60. The van der Waals surface area contributed by atoms with Crippen LogP contribution in [0.2, 0.25) is 0 Å². The molecule has 0 amide bonds. The molecule has 0 radical (unpaired) electrons. The van der Waals surface area contributed by atoms with Gasteiger partial charge in [0.15, 0.2) is 11.5 Å². The molecule has 21 heavy (non-hydrogen) atoms. The fourth-order valence-electron chi connectivity index (χ4n) is 2.63. The summed E-state index contributed by atoms with van der Waals surface area (Å²) in [4.78, 5) is 0. The molecule has 0 saturated carbocycles. The Hall–Kier alpha value is -1.56. The second-order valence-electron chi connectivity index (χ2n) is 5.20. The molecule has 0 aliphatic carbocycles. The molecule has 2 aromatic rings. The number of fused-ring (bicyclic) bond motifs is 1. The summed E-state index contributed by atoms with van der Waals surface area (Å²) in [7, 11) is 0. The van der Waals surface area contributed by atoms with Crippen molar-refractivity contribution in [3.8, 4) is 11.5 Å². The normalized spacial score (nSPS) is 16.5. The fraction of sp³-hybridized carbons (Fsp3) is 0.375. The SMILES string of the molecule is Cc1cscc1C(O)C(CN)c1ccc2c(c1)OCCO2. The maximum absolute atomic E-state index is 10.7. The third-order valence-corrected chi connectivity index (χ3v) is 4.72. The molecule has 3 rings (SSSR count). The maximum Gasteiger partial charge on any atom is 0.161 e. The van der Waals surface area contributed by atoms with Crippen molar-refractivity contribution < 1.29 is 14.6 Å². The third kappa shape index (κ3) is 2.77. The average Bonchev–Trinajstić information content (AvgIpc) is 2.94. The predicted molar refractivity (Wildman–Crippen MR) is 83.2 cm³/mol. The lowest BCUT2D eigenvalue weighted by Crippen LogP contribution is -2.21. The van der Waals surface area contributed by atoms with Crippen molar-refractivity contribution in [1.82, 2.24) is 0 Å². The van der Waals surface area contributed by atoms with E-state index in [2.05, 4.69) is 0 Å². The minimum Gasteiger partial charge on any atom is -0.486 e. The number of aliphatic hydroxyl groups is 1. The van der Waals surface area contributed by atoms with Gasteiger partial charge in [-0.2, -0.15) is 11.3 Å². The first-order valence-corrected chi connectivity index (χ1v) is 7.95. The van der Waals surface area contributed by atoms with E-state index in [9.17, 15) is 5.11 Å². The number of aliphatic hydroxyl groups excluding tert-OH is 1. The molecule has 1 aliphatic rings. The lowest BCUT2D eigenvalue weighted by molar-refractivity contribution is 0.146. The van der Waals surface area contributed by atoms with E-state index in [1.54, 1.807) is 11.3 Å². The van der Waals surface area contributed by atoms with E-state index < -0.39 is 6.10 Å². The largest absolute Gasteiger partial charge is 0.486 e. The summed E-state index contributed by atoms with van der Waals surface area (Å²) >= 11 is 1.59. The molecule has 1 aromatic carbocycles. The molecule has 2 heterocycles. The smallest absolute Gasteiger partial charge is 0.161 e. The molecule has 0 bridgehead atoms. The molecule has 0 spiro atoms. The zero-order valence-electron chi connectivity index (χ0n) is 11.9. The molecule has 1 aromatic heterocycles. The monoisotopic (exact) mass is 305 g/mol. The maximum atomic E-state index is 10.7. The highest BCUT2D eigenvalue weighted by molar-refractivity contribution is 7.08. The number of nitrogens with two attached hydrogens (primary N) is 1. The number of hydrogen-bond donors (Lipinski definition) is 2. The van der Waals surface area contributed by atoms with Crippen LogP contribution in [0.3, 0.4) is 0 Å². The van der Waals surface area contributed by atoms with Crippen LogP contribution in [-0.2, 0) is 0 Å². The molecular formula is C16H19NO3S. The van der Waals surface area contributed by atoms with E-state index in [-0.39, 0.29) is 5.92 Å². The molecule has 2 unspecified atom stereocenters. The van der Waals surface area contributed by atoms with Crippen molar-refractivity contribution >= 4 is 11.3 Å². The summed E-state index contributed by atoms with van der Waals surface area (Å²) in [6.07, 6.45) is -0.608. The molecular weight excluding hydrogens is 286 g/mol. The number of ether oxygens (including phenoxy) is 2. The third-order valence-electron chi connectivity index (χ3n) is 3.84. The molecule has 112 valence electrons. The van der Waals surface area contributed by atoms with Gasteiger partial charge >= 0.3 is 0 Å². The highest BCUT2D eigenvalue weighted by atomic mass is 32.1. The van der Waals surface area contributed by atoms with Crippen molar-refractivity contribution in [1.29, 1.82) is 0 Å². The summed E-state index contributed by atoms with van der Waals surface area (Å²) in [6, 6.07) is 5.77. The molecule has 1 aliphatic heterocycles. The van der Waals surface area contributed by atoms with Gasteiger partial charge in [-0.15, -0.1) is 0 Å². The van der Waals surface area contributed by atoms with Crippen LogP contribution in [0.5, 0.6) is 11.5 Å². The van der Waals surface area contributed by atoms with E-state index in [1.807, 2.05) is 35.9 Å². The van der Waals surface area contributed by atoms with E-state index in [1.165, 1.54) is 0 Å². The molecule has 0 fully saturated rings. The van der Waals surface area contributed by atoms with Gasteiger partial charge in [0.25, 0.3) is 0 Å². The highest BCUT2D eigenvalue weighted by Gasteiger charge is 2.25. The van der Waals surface area contributed by atoms with Crippen molar-refractivity contribution in [3.63, 3.8) is 0 Å². The number of benzene rings is 1. The highest BCUT2D eigenvalue weighted by Crippen LogP contribution is 2.38. The Bertz CT molecular complexity index is 626. The van der Waals surface area contributed by atoms with Gasteiger partial charge in [-0.05, 0) is 46.5 Å². The average molecular weight is 305 g/mol. The standard InChI is InChI=1S/C16H19NO3S/c1-10-8-21-9-13(10)16(18)12(7-17)11-2-3-14-15(6-11)20-5-4-19-14/h2-3,6,8-9,12,16,18H,4-5,7,17H2,1H3. The van der Waals surface area contributed by atoms with Crippen LogP contribution in [0.4, 0.5) is 0 Å². The Morgan fingerprint density at radius 2 is 2.00 bits per heavy atom. The lowest BCUT2D eigenvalue weighted by atomic mass is 9.89. The van der Waals surface area contributed by atoms with Crippen LogP contribution >= 0.6 is 11.3 Å². The number of hydrogen-bond acceptors (Lipinski definition) is 5. The van der Waals surface area contributed by atoms with Gasteiger partial charge in [-0.25, -0.2) is 0 Å². The van der Waals surface area contributed by atoms with E-state index in [4.69, 9.17) is 15.2 Å². The van der Waals surface area contributed by atoms with Gasteiger partial charge in [-0.1, -0.05) is 6.07 Å². The molecule has 0 saturated heterocycles. The van der Waals surface area contributed by atoms with E-state index in [0.29, 0.717) is 19.8 Å². The van der Waals surface area contributed by atoms with Crippen LogP contribution in [0.15, 0.2) is 29.0 Å². The quantitative estimate of drug-likeness (QED) is 0.911. The van der Waals surface area contributed by atoms with Gasteiger partial charge in [0.2, 0.25) is 0 Å². The zero-order valence-corrected chi connectivity index (χ0v) is 12.7. The summed E-state index contributed by atoms with van der Waals surface area (Å²) in [5.74, 6) is 1.32. The summed E-state index contributed by atoms with van der Waals surface area (Å²) < 4.78 is 11.1. The van der Waals surface area contributed by atoms with Crippen LogP contribution in [0.25, 0.3) is 0 Å². The van der Waals surface area contributed by atoms with Crippen molar-refractivity contribution in [3.05, 3.63) is 45.6 Å². The van der Waals surface area contributed by atoms with Crippen LogP contribution in [-0.4, -0.2) is 24.9 Å². The van der Waals surface area contributed by atoms with Gasteiger partial charge in [0, 0.05) is 12.5 Å². The Morgan fingerprint density at radius 1 is 1.24 bits per heavy atom. The molecule has 4 nitrogen and oxygen atoms in total. The first-order chi connectivity index (χ1) is 10.2. The van der Waals surface area contributed by atoms with Crippen molar-refractivity contribution in [2.75, 3.05) is 19.8 Å². The van der Waals surface area contributed by atoms with Crippen LogP contribution in [0, 0.1) is 6.92 Å². The Morgan fingerprint density at radius 3 is 2.67 bits per heavy atom. The van der Waals surface area contributed by atoms with E-state index in [0.717, 1.165) is 28.2 Å². The summed E-state index contributed by atoms with van der Waals surface area (Å²) in [5.41, 5.74) is 8.93. The number of thiophene rings is 1. The number of rotatable bonds is 4. The Labute approximate surface area is 128 Å². The first-order valence-electron chi connectivity index (χ1n) is 7.01. The van der Waals surface area contributed by atoms with Crippen LogP contribution < -0.4 is 15.2 Å². The van der Waals surface area contributed by atoms with E-state index >= 15 is 0 Å². The molecule has 3 N–H and O–H groups in total. The second-order valence-corrected chi connectivity index (χ2v) is 5.94. The Kier molecular flexibility index (Phi) is 4.14. The van der Waals surface area contributed by atoms with Gasteiger partial charge < -0.3 is 20.3 Å². The minimum absolute atomic E-state index is 0.158. The fourth-order valence-corrected chi connectivity index (χ4v) is 3.51. The molecule has 5 heteroatoms. The topological polar surface area (TPSA) is 64.7 Å².